The van der Waals surface area contributed by atoms with E-state index in [-0.39, 0.29) is 0 Å². The molecule has 0 aliphatic carbocycles. The highest BCUT2D eigenvalue weighted by Gasteiger charge is 2.55. The minimum Gasteiger partial charge on any atom is -0.394 e. The Morgan fingerprint density at radius 3 is 1.51 bits per heavy atom. The Bertz CT molecular complexity index is 886. The number of ether oxygens (including phenoxy) is 7. The molecule has 4 aliphatic heterocycles. The summed E-state index contributed by atoms with van der Waals surface area (Å²) in [6.07, 6.45) is -33.0. The number of rotatable bonds is 8. The molecule has 0 radical (unpaired) electrons. The predicted molar refractivity (Wildman–Crippen MR) is 131 cm³/mol. The predicted octanol–water partition coefficient (Wildman–Crippen LogP) is -7.69. The smallest absolute Gasteiger partial charge is 0.187 e. The summed E-state index contributed by atoms with van der Waals surface area (Å²) in [5, 5.41) is 124. The molecule has 0 amide bonds. The zero-order valence-electron chi connectivity index (χ0n) is 23.2. The molecule has 0 aromatic rings. The van der Waals surface area contributed by atoms with E-state index in [1.807, 2.05) is 0 Å². The monoisotopic (exact) mass is 634 g/mol. The van der Waals surface area contributed by atoms with Gasteiger partial charge in [-0.05, 0) is 13.8 Å². The van der Waals surface area contributed by atoms with Crippen LogP contribution < -0.4 is 0 Å². The van der Waals surface area contributed by atoms with Crippen molar-refractivity contribution in [3.05, 3.63) is 0 Å². The zero-order valence-corrected chi connectivity index (χ0v) is 23.2. The maximum atomic E-state index is 11.1. The molecule has 20 atom stereocenters. The van der Waals surface area contributed by atoms with Crippen LogP contribution in [0.4, 0.5) is 0 Å². The van der Waals surface area contributed by atoms with Crippen LogP contribution in [-0.2, 0) is 33.2 Å². The molecule has 19 heteroatoms. The van der Waals surface area contributed by atoms with Crippen molar-refractivity contribution in [1.29, 1.82) is 0 Å². The van der Waals surface area contributed by atoms with Crippen molar-refractivity contribution in [2.24, 2.45) is 0 Å². The van der Waals surface area contributed by atoms with Gasteiger partial charge in [-0.15, -0.1) is 0 Å². The first-order valence-electron chi connectivity index (χ1n) is 13.8. The minimum absolute atomic E-state index is 0.755. The van der Waals surface area contributed by atoms with E-state index >= 15 is 0 Å². The Balaban J connectivity index is 1.55. The van der Waals surface area contributed by atoms with Gasteiger partial charge in [0.25, 0.3) is 0 Å². The van der Waals surface area contributed by atoms with Gasteiger partial charge in [-0.25, -0.2) is 0 Å². The molecule has 43 heavy (non-hydrogen) atoms. The van der Waals surface area contributed by atoms with E-state index in [2.05, 4.69) is 0 Å². The summed E-state index contributed by atoms with van der Waals surface area (Å²) in [4.78, 5) is 0. The molecule has 0 spiro atoms. The van der Waals surface area contributed by atoms with Crippen molar-refractivity contribution >= 4 is 0 Å². The van der Waals surface area contributed by atoms with E-state index in [4.69, 9.17) is 33.2 Å². The molecule has 0 aromatic carbocycles. The van der Waals surface area contributed by atoms with Crippen LogP contribution in [0.2, 0.25) is 0 Å². The number of hydrogen-bond donors (Lipinski definition) is 12. The summed E-state index contributed by atoms with van der Waals surface area (Å²) in [7, 11) is 0. The normalized spacial score (nSPS) is 54.8. The SMILES string of the molecule is C[C@@H]1O[C@H](O[C@H]2[C@H](O[C@@H]3[C@H](O)[C@@H](O[C@@H]4[C@@H](O)[C@@H](O)O[C@H](CO)[C@H]4O)O[C@@H](C)[C@H]3O)O[C@H](CO)[C@@H](O)[C@@H]2O)[C@@H](O)[C@H](O)[C@@H]1O. The van der Waals surface area contributed by atoms with Crippen molar-refractivity contribution in [2.75, 3.05) is 13.2 Å². The van der Waals surface area contributed by atoms with Gasteiger partial charge in [-0.3, -0.25) is 0 Å². The van der Waals surface area contributed by atoms with Gasteiger partial charge in [0.05, 0.1) is 25.4 Å². The van der Waals surface area contributed by atoms with Crippen LogP contribution in [-0.4, -0.2) is 197 Å². The third-order valence-corrected chi connectivity index (χ3v) is 8.13. The van der Waals surface area contributed by atoms with E-state index in [9.17, 15) is 61.3 Å². The third kappa shape index (κ3) is 7.00. The van der Waals surface area contributed by atoms with Crippen molar-refractivity contribution in [1.82, 2.24) is 0 Å². The van der Waals surface area contributed by atoms with E-state index in [1.165, 1.54) is 13.8 Å². The molecule has 4 aliphatic rings. The summed E-state index contributed by atoms with van der Waals surface area (Å²) in [6, 6.07) is 0. The van der Waals surface area contributed by atoms with E-state index < -0.39 is 136 Å². The fourth-order valence-corrected chi connectivity index (χ4v) is 5.40. The second kappa shape index (κ2) is 14.3. The van der Waals surface area contributed by atoms with E-state index in [0.717, 1.165) is 0 Å². The molecule has 0 aromatic heterocycles. The largest absolute Gasteiger partial charge is 0.394 e. The van der Waals surface area contributed by atoms with Crippen LogP contribution in [0.3, 0.4) is 0 Å². The van der Waals surface area contributed by atoms with Crippen LogP contribution in [0.1, 0.15) is 13.8 Å². The molecule has 252 valence electrons. The number of hydrogen-bond acceptors (Lipinski definition) is 19. The lowest BCUT2D eigenvalue weighted by molar-refractivity contribution is -0.393. The van der Waals surface area contributed by atoms with Gasteiger partial charge in [-0.1, -0.05) is 0 Å². The lowest BCUT2D eigenvalue weighted by Gasteiger charge is -2.49. The van der Waals surface area contributed by atoms with Crippen molar-refractivity contribution in [3.63, 3.8) is 0 Å². The second-order valence-corrected chi connectivity index (χ2v) is 11.1. The lowest BCUT2D eigenvalue weighted by Crippen LogP contribution is -2.67. The molecule has 4 heterocycles. The van der Waals surface area contributed by atoms with E-state index in [0.29, 0.717) is 0 Å². The summed E-state index contributed by atoms with van der Waals surface area (Å²) in [5.74, 6) is 0. The van der Waals surface area contributed by atoms with Crippen LogP contribution >= 0.6 is 0 Å². The van der Waals surface area contributed by atoms with Gasteiger partial charge < -0.3 is 94.4 Å². The Kier molecular flexibility index (Phi) is 11.7. The third-order valence-electron chi connectivity index (χ3n) is 8.13. The van der Waals surface area contributed by atoms with Gasteiger partial charge in [0, 0.05) is 0 Å². The molecule has 0 bridgehead atoms. The standard InChI is InChI=1S/C24H42O19/c1-5-9(27)13(31)15(33)22(37-5)43-20-14(32)11(29)7(3-25)40-24(20)42-18-10(28)6(2)38-23(17(18)35)41-19-12(30)8(4-26)39-21(36)16(19)34/h5-36H,3-4H2,1-2H3/t5-,6-,7+,8+,9+,10+,11+,12+,13+,14-,15-,16+,17-,18-,19-,20+,21-,22+,23+,24-/m0/s1. The molecule has 4 rings (SSSR count). The first-order chi connectivity index (χ1) is 20.2. The van der Waals surface area contributed by atoms with Crippen LogP contribution in [0.5, 0.6) is 0 Å². The number of aliphatic hydroxyl groups excluding tert-OH is 12. The topological polar surface area (TPSA) is 307 Å². The zero-order chi connectivity index (χ0) is 31.9. The van der Waals surface area contributed by atoms with Gasteiger partial charge in [0.15, 0.2) is 25.2 Å². The van der Waals surface area contributed by atoms with Gasteiger partial charge in [-0.2, -0.15) is 0 Å². The summed E-state index contributed by atoms with van der Waals surface area (Å²) < 4.78 is 38.4. The Labute approximate surface area is 244 Å². The quantitative estimate of drug-likeness (QED) is 0.118. The molecular weight excluding hydrogens is 592 g/mol. The molecular formula is C24H42O19. The molecule has 0 saturated carbocycles. The molecule has 4 saturated heterocycles. The molecule has 19 nitrogen and oxygen atoms in total. The van der Waals surface area contributed by atoms with Gasteiger partial charge in [0.2, 0.25) is 0 Å². The maximum Gasteiger partial charge on any atom is 0.187 e. The highest BCUT2D eigenvalue weighted by molar-refractivity contribution is 4.97. The van der Waals surface area contributed by atoms with Crippen molar-refractivity contribution < 1.29 is 94.4 Å². The fourth-order valence-electron chi connectivity index (χ4n) is 5.40. The Morgan fingerprint density at radius 1 is 0.419 bits per heavy atom. The van der Waals surface area contributed by atoms with Crippen LogP contribution in [0, 0.1) is 0 Å². The lowest BCUT2D eigenvalue weighted by atomic mass is 9.96. The average molecular weight is 635 g/mol. The molecule has 0 unspecified atom stereocenters. The van der Waals surface area contributed by atoms with Gasteiger partial charge >= 0.3 is 0 Å². The molecule has 4 fully saturated rings. The first-order valence-corrected chi connectivity index (χ1v) is 13.8. The van der Waals surface area contributed by atoms with Crippen LogP contribution in [0.25, 0.3) is 0 Å². The van der Waals surface area contributed by atoms with E-state index in [1.54, 1.807) is 0 Å². The summed E-state index contributed by atoms with van der Waals surface area (Å²) in [6.45, 7) is 1.16. The first kappa shape index (κ1) is 35.1. The number of aliphatic hydroxyl groups is 12. The second-order valence-electron chi connectivity index (χ2n) is 11.1. The summed E-state index contributed by atoms with van der Waals surface area (Å²) in [5.41, 5.74) is 0. The summed E-state index contributed by atoms with van der Waals surface area (Å²) >= 11 is 0. The Morgan fingerprint density at radius 2 is 0.907 bits per heavy atom. The Hall–Kier alpha value is -0.760. The maximum absolute atomic E-state index is 11.1. The highest BCUT2D eigenvalue weighted by atomic mass is 16.8. The highest BCUT2D eigenvalue weighted by Crippen LogP contribution is 2.34. The molecule has 12 N–H and O–H groups in total. The average Bonchev–Trinajstić information content (AvgIpc) is 2.98. The van der Waals surface area contributed by atoms with Crippen molar-refractivity contribution in [2.45, 2.75) is 137 Å². The van der Waals surface area contributed by atoms with Crippen LogP contribution in [0.15, 0.2) is 0 Å². The fraction of sp³-hybridized carbons (Fsp3) is 1.00. The van der Waals surface area contributed by atoms with Gasteiger partial charge in [0.1, 0.15) is 85.5 Å². The van der Waals surface area contributed by atoms with Crippen molar-refractivity contribution in [3.8, 4) is 0 Å². The minimum atomic E-state index is -1.92.